The van der Waals surface area contributed by atoms with Gasteiger partial charge in [-0.05, 0) is 24.3 Å². The van der Waals surface area contributed by atoms with Crippen molar-refractivity contribution in [3.63, 3.8) is 0 Å². The van der Waals surface area contributed by atoms with Gasteiger partial charge < -0.3 is 9.84 Å². The third-order valence-corrected chi connectivity index (χ3v) is 4.15. The lowest BCUT2D eigenvalue weighted by Gasteiger charge is -2.32. The summed E-state index contributed by atoms with van der Waals surface area (Å²) in [6.07, 6.45) is 7.45. The summed E-state index contributed by atoms with van der Waals surface area (Å²) in [5, 5.41) is 7.32. The Morgan fingerprint density at radius 3 is 2.80 bits per heavy atom. The lowest BCUT2D eigenvalue weighted by molar-refractivity contribution is 0.319. The molecule has 1 aromatic carbocycles. The van der Waals surface area contributed by atoms with Gasteiger partial charge in [0.05, 0.1) is 0 Å². The minimum absolute atomic E-state index is 0.564. The molecule has 1 N–H and O–H groups in total. The third-order valence-electron chi connectivity index (χ3n) is 4.15. The van der Waals surface area contributed by atoms with Crippen molar-refractivity contribution in [2.45, 2.75) is 44.1 Å². The van der Waals surface area contributed by atoms with E-state index < -0.39 is 0 Å². The first-order valence-corrected chi connectivity index (χ1v) is 7.47. The topological polar surface area (TPSA) is 51.0 Å². The minimum atomic E-state index is 0.564. The van der Waals surface area contributed by atoms with Crippen LogP contribution in [0.1, 0.15) is 43.1 Å². The van der Waals surface area contributed by atoms with E-state index in [0.29, 0.717) is 17.9 Å². The molecule has 2 unspecified atom stereocenters. The van der Waals surface area contributed by atoms with E-state index in [4.69, 9.17) is 4.52 Å². The predicted molar refractivity (Wildman–Crippen MR) is 77.4 cm³/mol. The first-order valence-electron chi connectivity index (χ1n) is 7.47. The molecule has 0 amide bonds. The number of nitrogens with zero attached hydrogens (tertiary/aromatic N) is 2. The maximum atomic E-state index is 5.03. The molecule has 3 rings (SSSR count). The van der Waals surface area contributed by atoms with Crippen LogP contribution in [-0.2, 0) is 6.42 Å². The normalized spacial score (nSPS) is 22.8. The molecular formula is C16H21N3O. The van der Waals surface area contributed by atoms with Crippen molar-refractivity contribution in [1.29, 1.82) is 0 Å². The first kappa shape index (κ1) is 13.3. The molecule has 1 aromatic heterocycles. The van der Waals surface area contributed by atoms with Crippen LogP contribution in [0.5, 0.6) is 0 Å². The highest BCUT2D eigenvalue weighted by Crippen LogP contribution is 2.32. The van der Waals surface area contributed by atoms with Crippen LogP contribution in [0.3, 0.4) is 0 Å². The number of hydrogen-bond donors (Lipinski definition) is 1. The third kappa shape index (κ3) is 3.25. The van der Waals surface area contributed by atoms with Crippen LogP contribution in [0, 0.1) is 0 Å². The molecule has 0 saturated heterocycles. The van der Waals surface area contributed by atoms with Crippen molar-refractivity contribution in [1.82, 2.24) is 15.5 Å². The van der Waals surface area contributed by atoms with Gasteiger partial charge in [-0.1, -0.05) is 48.3 Å². The lowest BCUT2D eigenvalue weighted by atomic mass is 9.80. The molecule has 20 heavy (non-hydrogen) atoms. The Balaban J connectivity index is 1.58. The van der Waals surface area contributed by atoms with Crippen LogP contribution in [-0.4, -0.2) is 22.7 Å². The Morgan fingerprint density at radius 1 is 1.15 bits per heavy atom. The van der Waals surface area contributed by atoms with Gasteiger partial charge in [-0.3, -0.25) is 0 Å². The highest BCUT2D eigenvalue weighted by atomic mass is 16.5. The Bertz CT molecular complexity index is 498. The van der Waals surface area contributed by atoms with E-state index in [-0.39, 0.29) is 0 Å². The van der Waals surface area contributed by atoms with Crippen molar-refractivity contribution >= 4 is 0 Å². The van der Waals surface area contributed by atoms with Crippen LogP contribution in [0.4, 0.5) is 0 Å². The van der Waals surface area contributed by atoms with Gasteiger partial charge in [0, 0.05) is 19.0 Å². The Hall–Kier alpha value is -1.68. The molecule has 0 spiro atoms. The molecule has 4 heteroatoms. The smallest absolute Gasteiger partial charge is 0.227 e. The Morgan fingerprint density at radius 2 is 2.00 bits per heavy atom. The summed E-state index contributed by atoms with van der Waals surface area (Å²) in [5.74, 6) is 1.34. The van der Waals surface area contributed by atoms with Crippen molar-refractivity contribution in [3.05, 3.63) is 48.1 Å². The average Bonchev–Trinajstić information content (AvgIpc) is 3.02. The van der Waals surface area contributed by atoms with Crippen LogP contribution < -0.4 is 5.32 Å². The van der Waals surface area contributed by atoms with E-state index in [1.165, 1.54) is 37.6 Å². The molecule has 106 valence electrons. The zero-order valence-corrected chi connectivity index (χ0v) is 11.7. The fraction of sp³-hybridized carbons (Fsp3) is 0.500. The highest BCUT2D eigenvalue weighted by molar-refractivity contribution is 5.22. The van der Waals surface area contributed by atoms with Crippen LogP contribution in [0.15, 0.2) is 41.2 Å². The second-order valence-electron chi connectivity index (χ2n) is 5.45. The second kappa shape index (κ2) is 6.66. The summed E-state index contributed by atoms with van der Waals surface area (Å²) < 4.78 is 5.03. The van der Waals surface area contributed by atoms with Gasteiger partial charge in [0.15, 0.2) is 6.33 Å². The number of aromatic nitrogens is 2. The standard InChI is InChI=1S/C16H21N3O/c1-2-6-13(7-3-1)14-8-4-5-9-15(14)17-11-10-16-18-12-19-20-16/h1-3,6-7,12,14-15,17H,4-5,8-11H2. The van der Waals surface area contributed by atoms with Crippen LogP contribution >= 0.6 is 0 Å². The number of hydrogen-bond acceptors (Lipinski definition) is 4. The van der Waals surface area contributed by atoms with E-state index in [1.54, 1.807) is 0 Å². The molecular weight excluding hydrogens is 250 g/mol. The summed E-state index contributed by atoms with van der Waals surface area (Å²) in [5.41, 5.74) is 1.46. The van der Waals surface area contributed by atoms with Gasteiger partial charge in [-0.15, -0.1) is 0 Å². The first-order chi connectivity index (χ1) is 9.93. The number of nitrogens with one attached hydrogen (secondary N) is 1. The fourth-order valence-electron chi connectivity index (χ4n) is 3.15. The van der Waals surface area contributed by atoms with Gasteiger partial charge in [0.25, 0.3) is 0 Å². The van der Waals surface area contributed by atoms with Crippen LogP contribution in [0.25, 0.3) is 0 Å². The maximum absolute atomic E-state index is 5.03. The van der Waals surface area contributed by atoms with Crippen molar-refractivity contribution in [2.24, 2.45) is 0 Å². The number of rotatable bonds is 5. The van der Waals surface area contributed by atoms with Gasteiger partial charge in [-0.2, -0.15) is 4.98 Å². The molecule has 4 nitrogen and oxygen atoms in total. The minimum Gasteiger partial charge on any atom is -0.340 e. The van der Waals surface area contributed by atoms with E-state index in [9.17, 15) is 0 Å². The van der Waals surface area contributed by atoms with Gasteiger partial charge in [0.1, 0.15) is 0 Å². The molecule has 0 aliphatic heterocycles. The summed E-state index contributed by atoms with van der Waals surface area (Å²) in [7, 11) is 0. The van der Waals surface area contributed by atoms with Gasteiger partial charge in [0.2, 0.25) is 5.89 Å². The molecule has 0 bridgehead atoms. The van der Waals surface area contributed by atoms with E-state index in [0.717, 1.165) is 13.0 Å². The van der Waals surface area contributed by atoms with E-state index in [2.05, 4.69) is 45.8 Å². The van der Waals surface area contributed by atoms with E-state index >= 15 is 0 Å². The zero-order chi connectivity index (χ0) is 13.6. The van der Waals surface area contributed by atoms with Crippen molar-refractivity contribution < 1.29 is 4.52 Å². The molecule has 1 heterocycles. The quantitative estimate of drug-likeness (QED) is 0.908. The molecule has 0 radical (unpaired) electrons. The largest absolute Gasteiger partial charge is 0.340 e. The molecule has 1 aliphatic carbocycles. The molecule has 1 saturated carbocycles. The van der Waals surface area contributed by atoms with Crippen molar-refractivity contribution in [3.8, 4) is 0 Å². The zero-order valence-electron chi connectivity index (χ0n) is 11.7. The molecule has 2 aromatic rings. The SMILES string of the molecule is c1ccc(C2CCCCC2NCCc2ncno2)cc1. The fourth-order valence-corrected chi connectivity index (χ4v) is 3.15. The second-order valence-corrected chi connectivity index (χ2v) is 5.45. The Labute approximate surface area is 119 Å². The summed E-state index contributed by atoms with van der Waals surface area (Å²) in [6.45, 7) is 0.899. The van der Waals surface area contributed by atoms with Crippen LogP contribution in [0.2, 0.25) is 0 Å². The monoisotopic (exact) mass is 271 g/mol. The van der Waals surface area contributed by atoms with Crippen molar-refractivity contribution in [2.75, 3.05) is 6.54 Å². The Kier molecular flexibility index (Phi) is 4.43. The average molecular weight is 271 g/mol. The molecule has 1 fully saturated rings. The van der Waals surface area contributed by atoms with Gasteiger partial charge in [-0.25, -0.2) is 0 Å². The number of benzene rings is 1. The highest BCUT2D eigenvalue weighted by Gasteiger charge is 2.25. The lowest BCUT2D eigenvalue weighted by Crippen LogP contribution is -2.38. The predicted octanol–water partition coefficient (Wildman–Crippen LogP) is 2.93. The van der Waals surface area contributed by atoms with Gasteiger partial charge >= 0.3 is 0 Å². The molecule has 1 aliphatic rings. The summed E-state index contributed by atoms with van der Waals surface area (Å²) in [4.78, 5) is 4.06. The maximum Gasteiger partial charge on any atom is 0.227 e. The molecule has 2 atom stereocenters. The van der Waals surface area contributed by atoms with E-state index in [1.807, 2.05) is 0 Å². The summed E-state index contributed by atoms with van der Waals surface area (Å²) in [6, 6.07) is 11.4. The summed E-state index contributed by atoms with van der Waals surface area (Å²) >= 11 is 0.